The van der Waals surface area contributed by atoms with Crippen LogP contribution in [0, 0.1) is 11.8 Å². The molecule has 2 atom stereocenters. The number of hydrogen-bond acceptors (Lipinski definition) is 3. The van der Waals surface area contributed by atoms with Crippen LogP contribution in [-0.4, -0.2) is 23.9 Å². The van der Waals surface area contributed by atoms with E-state index in [0.717, 1.165) is 38.8 Å². The molecule has 0 spiro atoms. The fraction of sp³-hybridized carbons (Fsp3) is 0.706. The van der Waals surface area contributed by atoms with E-state index in [1.165, 1.54) is 5.56 Å². The van der Waals surface area contributed by atoms with E-state index in [-0.39, 0.29) is 0 Å². The molecule has 21 heavy (non-hydrogen) atoms. The predicted octanol–water partition coefficient (Wildman–Crippen LogP) is 3.81. The second-order valence-corrected chi connectivity index (χ2v) is 7.20. The molecule has 1 aliphatic rings. The Bertz CT molecular complexity index is 430. The lowest BCUT2D eigenvalue weighted by Crippen LogP contribution is -2.31. The molecule has 2 heterocycles. The van der Waals surface area contributed by atoms with Gasteiger partial charge in [0.2, 0.25) is 5.91 Å². The van der Waals surface area contributed by atoms with Crippen LogP contribution in [0.1, 0.15) is 57.6 Å². The van der Waals surface area contributed by atoms with Gasteiger partial charge in [-0.05, 0) is 66.5 Å². The minimum atomic E-state index is 0.316. The standard InChI is InChI=1S/C17H28N2OS/c1-13(2)14(7-9-18)5-6-17(20)19-10-3-4-16(19)15-8-11-21-12-15/h8,11-14,16H,3-7,9-10,18H2,1-2H3. The van der Waals surface area contributed by atoms with E-state index in [0.29, 0.717) is 30.2 Å². The molecule has 1 aromatic heterocycles. The highest BCUT2D eigenvalue weighted by molar-refractivity contribution is 7.07. The monoisotopic (exact) mass is 308 g/mol. The lowest BCUT2D eigenvalue weighted by Gasteiger charge is -2.26. The summed E-state index contributed by atoms with van der Waals surface area (Å²) in [4.78, 5) is 14.7. The van der Waals surface area contributed by atoms with Crippen LogP contribution in [0.25, 0.3) is 0 Å². The zero-order chi connectivity index (χ0) is 15.2. The number of amides is 1. The molecule has 3 nitrogen and oxygen atoms in total. The van der Waals surface area contributed by atoms with Crippen LogP contribution in [0.5, 0.6) is 0 Å². The van der Waals surface area contributed by atoms with Gasteiger partial charge in [0.15, 0.2) is 0 Å². The molecular formula is C17H28N2OS. The van der Waals surface area contributed by atoms with Gasteiger partial charge in [-0.3, -0.25) is 4.79 Å². The number of rotatable bonds is 7. The van der Waals surface area contributed by atoms with E-state index in [9.17, 15) is 4.79 Å². The van der Waals surface area contributed by atoms with Crippen LogP contribution in [-0.2, 0) is 4.79 Å². The van der Waals surface area contributed by atoms with Gasteiger partial charge in [-0.15, -0.1) is 0 Å². The molecule has 4 heteroatoms. The Labute approximate surface area is 132 Å². The molecule has 1 aromatic rings. The quantitative estimate of drug-likeness (QED) is 0.832. The molecule has 0 saturated carbocycles. The maximum atomic E-state index is 12.6. The van der Waals surface area contributed by atoms with Crippen molar-refractivity contribution in [1.29, 1.82) is 0 Å². The summed E-state index contributed by atoms with van der Waals surface area (Å²) in [5.41, 5.74) is 7.00. The molecule has 2 unspecified atom stereocenters. The van der Waals surface area contributed by atoms with Crippen LogP contribution in [0.4, 0.5) is 0 Å². The normalized spacial score (nSPS) is 20.2. The van der Waals surface area contributed by atoms with Crippen LogP contribution in [0.15, 0.2) is 16.8 Å². The lowest BCUT2D eigenvalue weighted by molar-refractivity contribution is -0.132. The molecule has 2 N–H and O–H groups in total. The van der Waals surface area contributed by atoms with E-state index in [1.807, 2.05) is 0 Å². The van der Waals surface area contributed by atoms with Gasteiger partial charge in [0.1, 0.15) is 0 Å². The van der Waals surface area contributed by atoms with Gasteiger partial charge in [-0.1, -0.05) is 13.8 Å². The molecule has 1 amide bonds. The van der Waals surface area contributed by atoms with Crippen LogP contribution < -0.4 is 5.73 Å². The highest BCUT2D eigenvalue weighted by Crippen LogP contribution is 2.34. The molecule has 0 radical (unpaired) electrons. The zero-order valence-electron chi connectivity index (χ0n) is 13.3. The van der Waals surface area contributed by atoms with Crippen molar-refractivity contribution in [3.05, 3.63) is 22.4 Å². The molecule has 2 rings (SSSR count). The smallest absolute Gasteiger partial charge is 0.223 e. The number of nitrogens with two attached hydrogens (primary N) is 1. The summed E-state index contributed by atoms with van der Waals surface area (Å²) >= 11 is 1.72. The Balaban J connectivity index is 1.90. The Kier molecular flexibility index (Phi) is 6.24. The average Bonchev–Trinajstić information content (AvgIpc) is 3.11. The Morgan fingerprint density at radius 2 is 2.29 bits per heavy atom. The summed E-state index contributed by atoms with van der Waals surface area (Å²) in [7, 11) is 0. The Hall–Kier alpha value is -0.870. The summed E-state index contributed by atoms with van der Waals surface area (Å²) in [6.07, 6.45) is 4.91. The predicted molar refractivity (Wildman–Crippen MR) is 89.2 cm³/mol. The van der Waals surface area contributed by atoms with E-state index in [1.54, 1.807) is 11.3 Å². The highest BCUT2D eigenvalue weighted by Gasteiger charge is 2.30. The van der Waals surface area contributed by atoms with Gasteiger partial charge in [0.25, 0.3) is 0 Å². The summed E-state index contributed by atoms with van der Waals surface area (Å²) < 4.78 is 0. The first kappa shape index (κ1) is 16.5. The van der Waals surface area contributed by atoms with Gasteiger partial charge in [0, 0.05) is 13.0 Å². The van der Waals surface area contributed by atoms with Crippen LogP contribution in [0.3, 0.4) is 0 Å². The Morgan fingerprint density at radius 3 is 2.90 bits per heavy atom. The molecule has 1 fully saturated rings. The van der Waals surface area contributed by atoms with Crippen molar-refractivity contribution in [2.45, 2.75) is 52.0 Å². The summed E-state index contributed by atoms with van der Waals surface area (Å²) in [5, 5.41) is 4.29. The minimum absolute atomic E-state index is 0.316. The first-order valence-corrected chi connectivity index (χ1v) is 9.09. The topological polar surface area (TPSA) is 46.3 Å². The SMILES string of the molecule is CC(C)C(CCN)CCC(=O)N1CCCC1c1ccsc1. The number of carbonyl (C=O) groups is 1. The maximum Gasteiger partial charge on any atom is 0.223 e. The summed E-state index contributed by atoms with van der Waals surface area (Å²) in [6.45, 7) is 6.10. The number of likely N-dealkylation sites (tertiary alicyclic amines) is 1. The summed E-state index contributed by atoms with van der Waals surface area (Å²) in [5.74, 6) is 1.50. The van der Waals surface area contributed by atoms with Gasteiger partial charge >= 0.3 is 0 Å². The third-order valence-corrected chi connectivity index (χ3v) is 5.41. The lowest BCUT2D eigenvalue weighted by atomic mass is 9.88. The summed E-state index contributed by atoms with van der Waals surface area (Å²) in [6, 6.07) is 2.47. The van der Waals surface area contributed by atoms with Crippen molar-refractivity contribution in [3.8, 4) is 0 Å². The highest BCUT2D eigenvalue weighted by atomic mass is 32.1. The number of nitrogens with zero attached hydrogens (tertiary/aromatic N) is 1. The Morgan fingerprint density at radius 1 is 1.48 bits per heavy atom. The number of carbonyl (C=O) groups excluding carboxylic acids is 1. The van der Waals surface area contributed by atoms with Gasteiger partial charge in [-0.2, -0.15) is 11.3 Å². The van der Waals surface area contributed by atoms with Crippen LogP contribution in [0.2, 0.25) is 0 Å². The molecule has 0 bridgehead atoms. The van der Waals surface area contributed by atoms with E-state index in [2.05, 4.69) is 35.6 Å². The van der Waals surface area contributed by atoms with Crippen molar-refractivity contribution in [3.63, 3.8) is 0 Å². The van der Waals surface area contributed by atoms with E-state index in [4.69, 9.17) is 5.73 Å². The first-order valence-electron chi connectivity index (χ1n) is 8.15. The molecule has 0 aliphatic carbocycles. The molecule has 118 valence electrons. The van der Waals surface area contributed by atoms with Crippen molar-refractivity contribution in [2.75, 3.05) is 13.1 Å². The van der Waals surface area contributed by atoms with Crippen molar-refractivity contribution in [1.82, 2.24) is 4.90 Å². The van der Waals surface area contributed by atoms with Crippen molar-refractivity contribution < 1.29 is 4.79 Å². The molecule has 0 aromatic carbocycles. The molecular weight excluding hydrogens is 280 g/mol. The second kappa shape index (κ2) is 7.95. The van der Waals surface area contributed by atoms with Crippen LogP contribution >= 0.6 is 11.3 Å². The van der Waals surface area contributed by atoms with Gasteiger partial charge in [-0.25, -0.2) is 0 Å². The second-order valence-electron chi connectivity index (χ2n) is 6.42. The van der Waals surface area contributed by atoms with E-state index >= 15 is 0 Å². The third-order valence-electron chi connectivity index (χ3n) is 4.71. The van der Waals surface area contributed by atoms with Crippen molar-refractivity contribution in [2.24, 2.45) is 17.6 Å². The van der Waals surface area contributed by atoms with Gasteiger partial charge < -0.3 is 10.6 Å². The molecule has 1 saturated heterocycles. The largest absolute Gasteiger partial charge is 0.336 e. The van der Waals surface area contributed by atoms with E-state index < -0.39 is 0 Å². The third kappa shape index (κ3) is 4.30. The number of hydrogen-bond donors (Lipinski definition) is 1. The first-order chi connectivity index (χ1) is 10.1. The fourth-order valence-electron chi connectivity index (χ4n) is 3.35. The zero-order valence-corrected chi connectivity index (χ0v) is 14.1. The number of thiophene rings is 1. The van der Waals surface area contributed by atoms with Gasteiger partial charge in [0.05, 0.1) is 6.04 Å². The average molecular weight is 308 g/mol. The van der Waals surface area contributed by atoms with Crippen molar-refractivity contribution >= 4 is 17.2 Å². The minimum Gasteiger partial charge on any atom is -0.336 e. The fourth-order valence-corrected chi connectivity index (χ4v) is 4.06. The maximum absolute atomic E-state index is 12.6. The molecule has 1 aliphatic heterocycles.